The number of amides is 2. The smallest absolute Gasteiger partial charge is 0.311 e. The summed E-state index contributed by atoms with van der Waals surface area (Å²) in [6, 6.07) is 3.82. The van der Waals surface area contributed by atoms with E-state index in [4.69, 9.17) is 0 Å². The number of likely N-dealkylation sites (N-methyl/N-ethyl adjacent to an activating group) is 1. The number of carbonyl (C=O) groups excluding carboxylic acids is 2. The first-order chi connectivity index (χ1) is 9.33. The van der Waals surface area contributed by atoms with Crippen molar-refractivity contribution in [3.05, 3.63) is 30.1 Å². The van der Waals surface area contributed by atoms with E-state index in [0.29, 0.717) is 19.5 Å². The number of nitrogens with one attached hydrogen (secondary N) is 1. The van der Waals surface area contributed by atoms with Crippen LogP contribution in [0.15, 0.2) is 24.5 Å². The molecule has 0 saturated carbocycles. The molecule has 0 aliphatic rings. The lowest BCUT2D eigenvalue weighted by molar-refractivity contribution is -0.146. The summed E-state index contributed by atoms with van der Waals surface area (Å²) >= 11 is 0. The summed E-state index contributed by atoms with van der Waals surface area (Å²) in [7, 11) is 0. The average Bonchev–Trinajstić information content (AvgIpc) is 2.38. The summed E-state index contributed by atoms with van der Waals surface area (Å²) < 4.78 is 0. The summed E-state index contributed by atoms with van der Waals surface area (Å²) in [5.41, 5.74) is 0.694. The van der Waals surface area contributed by atoms with E-state index in [1.807, 2.05) is 39.8 Å². The molecule has 5 nitrogen and oxygen atoms in total. The van der Waals surface area contributed by atoms with Crippen LogP contribution in [-0.4, -0.2) is 40.3 Å². The molecule has 0 fully saturated rings. The minimum atomic E-state index is -0.547. The van der Waals surface area contributed by atoms with Crippen LogP contribution < -0.4 is 5.32 Å². The topological polar surface area (TPSA) is 62.3 Å². The van der Waals surface area contributed by atoms with Crippen molar-refractivity contribution in [1.82, 2.24) is 15.2 Å². The quantitative estimate of drug-likeness (QED) is 0.846. The van der Waals surface area contributed by atoms with Gasteiger partial charge in [0.2, 0.25) is 0 Å². The number of carbonyl (C=O) groups is 2. The van der Waals surface area contributed by atoms with Crippen LogP contribution in [0.1, 0.15) is 33.3 Å². The van der Waals surface area contributed by atoms with Gasteiger partial charge in [0.05, 0.1) is 0 Å². The van der Waals surface area contributed by atoms with Crippen LogP contribution in [0, 0.1) is 0 Å². The van der Waals surface area contributed by atoms with E-state index in [2.05, 4.69) is 10.3 Å². The Labute approximate surface area is 120 Å². The van der Waals surface area contributed by atoms with Gasteiger partial charge in [0.25, 0.3) is 0 Å². The molecular weight excluding hydrogens is 254 g/mol. The van der Waals surface area contributed by atoms with Gasteiger partial charge in [-0.05, 0) is 51.8 Å². The molecule has 0 bridgehead atoms. The van der Waals surface area contributed by atoms with Gasteiger partial charge in [0, 0.05) is 31.0 Å². The number of aromatic nitrogens is 1. The highest BCUT2D eigenvalue weighted by molar-refractivity contribution is 6.35. The van der Waals surface area contributed by atoms with Gasteiger partial charge in [0.1, 0.15) is 0 Å². The van der Waals surface area contributed by atoms with Crippen molar-refractivity contribution in [2.75, 3.05) is 13.1 Å². The fourth-order valence-electron chi connectivity index (χ4n) is 1.75. The zero-order chi connectivity index (χ0) is 15.2. The number of rotatable bonds is 4. The van der Waals surface area contributed by atoms with Crippen molar-refractivity contribution in [2.45, 2.75) is 39.7 Å². The van der Waals surface area contributed by atoms with Crippen LogP contribution in [0.5, 0.6) is 0 Å². The van der Waals surface area contributed by atoms with Crippen LogP contribution in [-0.2, 0) is 16.0 Å². The van der Waals surface area contributed by atoms with E-state index in [0.717, 1.165) is 5.56 Å². The average molecular weight is 277 g/mol. The van der Waals surface area contributed by atoms with Crippen LogP contribution in [0.2, 0.25) is 0 Å². The highest BCUT2D eigenvalue weighted by Gasteiger charge is 2.24. The van der Waals surface area contributed by atoms with Gasteiger partial charge < -0.3 is 10.2 Å². The van der Waals surface area contributed by atoms with E-state index in [1.165, 1.54) is 0 Å². The van der Waals surface area contributed by atoms with Gasteiger partial charge in [-0.3, -0.25) is 14.6 Å². The molecule has 0 atom stereocenters. The molecule has 0 spiro atoms. The molecule has 110 valence electrons. The van der Waals surface area contributed by atoms with Crippen LogP contribution in [0.4, 0.5) is 0 Å². The Balaban J connectivity index is 2.57. The lowest BCUT2D eigenvalue weighted by Crippen LogP contribution is -2.49. The number of nitrogens with zero attached hydrogens (tertiary/aromatic N) is 2. The van der Waals surface area contributed by atoms with Gasteiger partial charge in [-0.2, -0.15) is 0 Å². The van der Waals surface area contributed by atoms with E-state index in [9.17, 15) is 9.59 Å². The van der Waals surface area contributed by atoms with Crippen LogP contribution >= 0.6 is 0 Å². The summed E-state index contributed by atoms with van der Waals surface area (Å²) in [6.45, 7) is 8.47. The second-order valence-corrected chi connectivity index (χ2v) is 5.69. The molecule has 0 radical (unpaired) electrons. The number of hydrogen-bond acceptors (Lipinski definition) is 3. The van der Waals surface area contributed by atoms with E-state index >= 15 is 0 Å². The van der Waals surface area contributed by atoms with Crippen LogP contribution in [0.3, 0.4) is 0 Å². The summed E-state index contributed by atoms with van der Waals surface area (Å²) in [4.78, 5) is 29.4. The Morgan fingerprint density at radius 1 is 1.25 bits per heavy atom. The summed E-state index contributed by atoms with van der Waals surface area (Å²) in [5, 5.41) is 2.69. The lowest BCUT2D eigenvalue weighted by Gasteiger charge is -2.24. The minimum absolute atomic E-state index is 0.406. The number of hydrogen-bond donors (Lipinski definition) is 1. The van der Waals surface area contributed by atoms with E-state index in [-0.39, 0.29) is 0 Å². The van der Waals surface area contributed by atoms with Gasteiger partial charge in [-0.15, -0.1) is 0 Å². The second kappa shape index (κ2) is 7.03. The molecule has 0 saturated heterocycles. The zero-order valence-corrected chi connectivity index (χ0v) is 12.6. The maximum absolute atomic E-state index is 12.1. The predicted octanol–water partition coefficient (Wildman–Crippen LogP) is 1.39. The third-order valence-electron chi connectivity index (χ3n) is 2.77. The molecule has 1 aromatic heterocycles. The highest BCUT2D eigenvalue weighted by Crippen LogP contribution is 2.03. The molecule has 2 amide bonds. The molecule has 0 aromatic carbocycles. The molecule has 1 heterocycles. The first kappa shape index (κ1) is 16.1. The second-order valence-electron chi connectivity index (χ2n) is 5.69. The Hall–Kier alpha value is -1.91. The van der Waals surface area contributed by atoms with E-state index in [1.54, 1.807) is 17.3 Å². The van der Waals surface area contributed by atoms with Crippen molar-refractivity contribution < 1.29 is 9.59 Å². The monoisotopic (exact) mass is 277 g/mol. The normalized spacial score (nSPS) is 11.0. The Bertz CT molecular complexity index is 452. The largest absolute Gasteiger partial charge is 0.343 e. The molecule has 1 N–H and O–H groups in total. The van der Waals surface area contributed by atoms with Gasteiger partial charge in [0.15, 0.2) is 0 Å². The lowest BCUT2D eigenvalue weighted by atomic mass is 10.1. The SMILES string of the molecule is CCN(CCc1ccncc1)C(=O)C(=O)NC(C)(C)C. The molecule has 20 heavy (non-hydrogen) atoms. The molecule has 5 heteroatoms. The summed E-state index contributed by atoms with van der Waals surface area (Å²) in [6.07, 6.45) is 4.16. The standard InChI is InChI=1S/C15H23N3O2/c1-5-18(11-8-12-6-9-16-10-7-12)14(20)13(19)17-15(2,3)4/h6-7,9-10H,5,8,11H2,1-4H3,(H,17,19). The first-order valence-corrected chi connectivity index (χ1v) is 6.84. The molecule has 0 aliphatic heterocycles. The maximum Gasteiger partial charge on any atom is 0.311 e. The summed E-state index contributed by atoms with van der Waals surface area (Å²) in [5.74, 6) is -1.02. The highest BCUT2D eigenvalue weighted by atomic mass is 16.2. The Kier molecular flexibility index (Phi) is 5.67. The van der Waals surface area contributed by atoms with E-state index < -0.39 is 17.4 Å². The fraction of sp³-hybridized carbons (Fsp3) is 0.533. The van der Waals surface area contributed by atoms with Gasteiger partial charge >= 0.3 is 11.8 Å². The van der Waals surface area contributed by atoms with Gasteiger partial charge in [-0.25, -0.2) is 0 Å². The predicted molar refractivity (Wildman–Crippen MR) is 78.1 cm³/mol. The van der Waals surface area contributed by atoms with Gasteiger partial charge in [-0.1, -0.05) is 0 Å². The third kappa shape index (κ3) is 5.38. The molecular formula is C15H23N3O2. The van der Waals surface area contributed by atoms with Crippen molar-refractivity contribution in [1.29, 1.82) is 0 Å². The fourth-order valence-corrected chi connectivity index (χ4v) is 1.75. The van der Waals surface area contributed by atoms with Crippen molar-refractivity contribution >= 4 is 11.8 Å². The molecule has 1 rings (SSSR count). The minimum Gasteiger partial charge on any atom is -0.343 e. The molecule has 0 aliphatic carbocycles. The zero-order valence-electron chi connectivity index (χ0n) is 12.6. The Morgan fingerprint density at radius 3 is 2.35 bits per heavy atom. The van der Waals surface area contributed by atoms with Crippen molar-refractivity contribution in [3.63, 3.8) is 0 Å². The molecule has 1 aromatic rings. The molecule has 0 unspecified atom stereocenters. The third-order valence-corrected chi connectivity index (χ3v) is 2.77. The number of pyridine rings is 1. The van der Waals surface area contributed by atoms with Crippen molar-refractivity contribution in [2.24, 2.45) is 0 Å². The maximum atomic E-state index is 12.1. The van der Waals surface area contributed by atoms with Crippen LogP contribution in [0.25, 0.3) is 0 Å². The van der Waals surface area contributed by atoms with Crippen molar-refractivity contribution in [3.8, 4) is 0 Å². The first-order valence-electron chi connectivity index (χ1n) is 6.84. The Morgan fingerprint density at radius 2 is 1.85 bits per heavy atom.